The van der Waals surface area contributed by atoms with Crippen molar-refractivity contribution in [2.24, 2.45) is 17.8 Å². The van der Waals surface area contributed by atoms with E-state index < -0.39 is 24.3 Å². The Morgan fingerprint density at radius 2 is 1.44 bits per heavy atom. The number of amides is 4. The van der Waals surface area contributed by atoms with Crippen molar-refractivity contribution in [3.8, 4) is 33.5 Å². The summed E-state index contributed by atoms with van der Waals surface area (Å²) in [7, 11) is 2.60. The smallest absolute Gasteiger partial charge is 0.407 e. The van der Waals surface area contributed by atoms with Crippen molar-refractivity contribution in [2.45, 2.75) is 103 Å². The van der Waals surface area contributed by atoms with E-state index >= 15 is 0 Å². The molecule has 5 N–H and O–H groups in total. The second-order valence-corrected chi connectivity index (χ2v) is 17.8. The van der Waals surface area contributed by atoms with Crippen molar-refractivity contribution in [3.63, 3.8) is 0 Å². The highest BCUT2D eigenvalue weighted by Crippen LogP contribution is 2.39. The second kappa shape index (κ2) is 18.0. The number of likely N-dealkylation sites (tertiary alicyclic amines) is 1. The number of benzene rings is 3. The number of ether oxygens (including phenoxy) is 2. The van der Waals surface area contributed by atoms with E-state index in [1.807, 2.05) is 38.8 Å². The zero-order chi connectivity index (χ0) is 43.7. The number of nitrogens with zero attached hydrogens (tertiary/aromatic N) is 3. The Balaban J connectivity index is 0.913. The van der Waals surface area contributed by atoms with E-state index in [-0.39, 0.29) is 35.7 Å². The molecular formula is C48H58N8O6. The molecule has 2 aromatic heterocycles. The van der Waals surface area contributed by atoms with Gasteiger partial charge in [0.05, 0.1) is 43.2 Å². The van der Waals surface area contributed by atoms with Crippen LogP contribution in [0.2, 0.25) is 0 Å². The Morgan fingerprint density at radius 1 is 0.790 bits per heavy atom. The highest BCUT2D eigenvalue weighted by molar-refractivity contribution is 5.87. The zero-order valence-electron chi connectivity index (χ0n) is 36.5. The summed E-state index contributed by atoms with van der Waals surface area (Å²) < 4.78 is 9.50. The maximum atomic E-state index is 13.6. The Labute approximate surface area is 362 Å². The molecule has 5 aromatic rings. The third-order valence-corrected chi connectivity index (χ3v) is 13.0. The Hall–Kier alpha value is -6.18. The molecule has 5 unspecified atom stereocenters. The van der Waals surface area contributed by atoms with Crippen molar-refractivity contribution >= 4 is 35.0 Å². The molecule has 0 spiro atoms. The van der Waals surface area contributed by atoms with E-state index in [0.29, 0.717) is 12.5 Å². The van der Waals surface area contributed by atoms with Gasteiger partial charge in [-0.25, -0.2) is 19.6 Å². The molecule has 3 aromatic carbocycles. The van der Waals surface area contributed by atoms with Crippen molar-refractivity contribution in [3.05, 3.63) is 83.6 Å². The number of nitrogens with one attached hydrogen (secondary N) is 5. The number of aromatic nitrogens is 4. The van der Waals surface area contributed by atoms with Crippen LogP contribution < -0.4 is 16.0 Å². The molecule has 14 nitrogen and oxygen atoms in total. The SMILES string of the molecule is COC(=O)NC(C(=O)NC1CCC(Cc2nc3ccc(-c4ccc5c(c4)CCc4cc(-c6cnc(C7CCCN7C(=O)C(NC(=O)OC)C(C)C)[nH]6)ccc4-5)cc3[nH]2)C1)C(C)C. The van der Waals surface area contributed by atoms with Crippen molar-refractivity contribution < 1.29 is 28.7 Å². The number of hydrogen-bond acceptors (Lipinski definition) is 8. The van der Waals surface area contributed by atoms with Gasteiger partial charge in [0, 0.05) is 19.0 Å². The van der Waals surface area contributed by atoms with Crippen LogP contribution in [0.4, 0.5) is 9.59 Å². The fourth-order valence-electron chi connectivity index (χ4n) is 9.60. The third kappa shape index (κ3) is 8.91. The molecule has 0 radical (unpaired) electrons. The minimum absolute atomic E-state index is 0.0587. The fourth-order valence-corrected chi connectivity index (χ4v) is 9.60. The van der Waals surface area contributed by atoms with Gasteiger partial charge in [0.2, 0.25) is 11.8 Å². The molecular weight excluding hydrogens is 785 g/mol. The summed E-state index contributed by atoms with van der Waals surface area (Å²) in [5, 5.41) is 8.53. The number of methoxy groups -OCH3 is 2. The first-order valence-electron chi connectivity index (χ1n) is 22.0. The summed E-state index contributed by atoms with van der Waals surface area (Å²) in [5.41, 5.74) is 11.3. The largest absolute Gasteiger partial charge is 0.453 e. The number of imidazole rings is 2. The van der Waals surface area contributed by atoms with Gasteiger partial charge in [-0.2, -0.15) is 0 Å². The van der Waals surface area contributed by atoms with Crippen molar-refractivity contribution in [1.29, 1.82) is 0 Å². The average molecular weight is 843 g/mol. The maximum absolute atomic E-state index is 13.6. The summed E-state index contributed by atoms with van der Waals surface area (Å²) in [4.78, 5) is 69.1. The van der Waals surface area contributed by atoms with Crippen molar-refractivity contribution in [2.75, 3.05) is 20.8 Å². The lowest BCUT2D eigenvalue weighted by Crippen LogP contribution is -2.51. The minimum Gasteiger partial charge on any atom is -0.453 e. The topological polar surface area (TPSA) is 183 Å². The molecule has 1 saturated heterocycles. The number of carbonyl (C=O) groups excluding carboxylic acids is 4. The number of carbonyl (C=O) groups is 4. The maximum Gasteiger partial charge on any atom is 0.407 e. The van der Waals surface area contributed by atoms with Gasteiger partial charge >= 0.3 is 12.2 Å². The Bertz CT molecular complexity index is 2470. The van der Waals surface area contributed by atoms with E-state index in [4.69, 9.17) is 19.4 Å². The molecule has 2 aliphatic carbocycles. The standard InChI is InChI=1S/C48H58N8O6/c1-26(2)42(54-47(59)61-5)45(57)50-34-15-9-28(20-34)21-41-51-37-18-14-30(24-38(37)52-41)29-12-16-35-31(22-29)10-11-32-23-33(13-17-36(32)35)39-25-49-44(53-39)40-8-7-19-56(40)46(58)43(27(3)4)55-48(60)62-6/h12-14,16-18,22-28,34,40,42-43H,7-11,15,19-21H2,1-6H3,(H,49,53)(H,50,57)(H,51,52)(H,54,59)(H,55,60). The molecule has 3 aliphatic rings. The van der Waals surface area contributed by atoms with Gasteiger partial charge in [-0.05, 0) is 120 Å². The van der Waals surface area contributed by atoms with E-state index in [1.165, 1.54) is 42.0 Å². The quantitative estimate of drug-likeness (QED) is 0.0849. The van der Waals surface area contributed by atoms with Gasteiger partial charge in [0.15, 0.2) is 0 Å². The molecule has 0 bridgehead atoms. The van der Waals surface area contributed by atoms with Crippen molar-refractivity contribution in [1.82, 2.24) is 40.8 Å². The Kier molecular flexibility index (Phi) is 12.4. The highest BCUT2D eigenvalue weighted by Gasteiger charge is 2.38. The molecule has 326 valence electrons. The van der Waals surface area contributed by atoms with Crippen LogP contribution in [-0.2, 0) is 38.3 Å². The molecule has 5 atom stereocenters. The number of rotatable bonds is 12. The van der Waals surface area contributed by atoms with Crippen LogP contribution in [0.15, 0.2) is 60.8 Å². The normalized spacial score (nSPS) is 19.2. The monoisotopic (exact) mass is 842 g/mol. The first-order valence-corrected chi connectivity index (χ1v) is 22.0. The molecule has 3 heterocycles. The van der Waals surface area contributed by atoms with Crippen LogP contribution in [0.1, 0.15) is 88.6 Å². The van der Waals surface area contributed by atoms with Gasteiger partial charge in [0.25, 0.3) is 0 Å². The van der Waals surface area contributed by atoms with E-state index in [0.717, 1.165) is 90.9 Å². The van der Waals surface area contributed by atoms with Gasteiger partial charge in [0.1, 0.15) is 23.7 Å². The summed E-state index contributed by atoms with van der Waals surface area (Å²) in [6.07, 6.45) is 7.71. The number of alkyl carbamates (subject to hydrolysis) is 2. The highest BCUT2D eigenvalue weighted by atomic mass is 16.5. The van der Waals surface area contributed by atoms with Gasteiger partial charge in [-0.15, -0.1) is 0 Å². The predicted molar refractivity (Wildman–Crippen MR) is 237 cm³/mol. The average Bonchev–Trinajstić information content (AvgIpc) is 4.11. The van der Waals surface area contributed by atoms with E-state index in [1.54, 1.807) is 0 Å². The van der Waals surface area contributed by atoms with E-state index in [2.05, 4.69) is 80.5 Å². The molecule has 1 saturated carbocycles. The molecule has 4 amide bonds. The molecule has 62 heavy (non-hydrogen) atoms. The van der Waals surface area contributed by atoms with Crippen LogP contribution in [0.25, 0.3) is 44.5 Å². The predicted octanol–water partition coefficient (Wildman–Crippen LogP) is 7.64. The first-order chi connectivity index (χ1) is 29.9. The Morgan fingerprint density at radius 3 is 2.13 bits per heavy atom. The van der Waals surface area contributed by atoms with Gasteiger partial charge in [-0.1, -0.05) is 64.1 Å². The van der Waals surface area contributed by atoms with Crippen LogP contribution in [0.5, 0.6) is 0 Å². The molecule has 8 rings (SSSR count). The van der Waals surface area contributed by atoms with Crippen LogP contribution >= 0.6 is 0 Å². The minimum atomic E-state index is -0.679. The lowest BCUT2D eigenvalue weighted by atomic mass is 9.83. The lowest BCUT2D eigenvalue weighted by Gasteiger charge is -2.30. The molecule has 14 heteroatoms. The number of aromatic amines is 2. The zero-order valence-corrected chi connectivity index (χ0v) is 36.5. The number of hydrogen-bond donors (Lipinski definition) is 5. The number of H-pyrrole nitrogens is 2. The first kappa shape index (κ1) is 42.5. The number of aryl methyl sites for hydroxylation is 2. The summed E-state index contributed by atoms with van der Waals surface area (Å²) in [6.45, 7) is 8.25. The fraction of sp³-hybridized carbons (Fsp3) is 0.458. The molecule has 1 aliphatic heterocycles. The summed E-state index contributed by atoms with van der Waals surface area (Å²) in [5.74, 6) is 1.64. The van der Waals surface area contributed by atoms with E-state index in [9.17, 15) is 19.2 Å². The van der Waals surface area contributed by atoms with Gasteiger partial charge < -0.3 is 40.3 Å². The van der Waals surface area contributed by atoms with Crippen LogP contribution in [0.3, 0.4) is 0 Å². The third-order valence-electron chi connectivity index (χ3n) is 13.0. The van der Waals surface area contributed by atoms with Crippen LogP contribution in [-0.4, -0.2) is 87.7 Å². The van der Waals surface area contributed by atoms with Crippen LogP contribution in [0, 0.1) is 17.8 Å². The summed E-state index contributed by atoms with van der Waals surface area (Å²) >= 11 is 0. The summed E-state index contributed by atoms with van der Waals surface area (Å²) in [6, 6.07) is 18.4. The second-order valence-electron chi connectivity index (χ2n) is 17.8. The van der Waals surface area contributed by atoms with Gasteiger partial charge in [-0.3, -0.25) is 9.59 Å². The lowest BCUT2D eigenvalue weighted by molar-refractivity contribution is -0.135. The number of fused-ring (bicyclic) bond motifs is 4. The molecule has 2 fully saturated rings.